The fourth-order valence-corrected chi connectivity index (χ4v) is 2.40. The first-order valence-electron chi connectivity index (χ1n) is 6.20. The van der Waals surface area contributed by atoms with Crippen LogP contribution in [0.25, 0.3) is 0 Å². The molecule has 2 heterocycles. The van der Waals surface area contributed by atoms with Crippen molar-refractivity contribution in [1.82, 2.24) is 0 Å². The highest BCUT2D eigenvalue weighted by Gasteiger charge is 2.34. The van der Waals surface area contributed by atoms with Crippen molar-refractivity contribution in [3.05, 3.63) is 52.9 Å². The van der Waals surface area contributed by atoms with Gasteiger partial charge in [-0.2, -0.15) is 5.26 Å². The molecule has 0 bridgehead atoms. The van der Waals surface area contributed by atoms with Crippen molar-refractivity contribution in [3.8, 4) is 6.07 Å². The smallest absolute Gasteiger partial charge is 0.198 e. The number of aromatic nitrogens is 1. The van der Waals surface area contributed by atoms with E-state index < -0.39 is 5.92 Å². The number of hydrogen-bond donors (Lipinski definition) is 1. The molecule has 0 amide bonds. The Morgan fingerprint density at radius 3 is 2.80 bits per heavy atom. The number of allylic oxidation sites excluding steroid dienone is 3. The number of nitrogens with two attached hydrogens (primary N) is 1. The lowest BCUT2D eigenvalue weighted by Crippen LogP contribution is -2.30. The summed E-state index contributed by atoms with van der Waals surface area (Å²) in [6, 6.07) is 5.87. The largest absolute Gasteiger partial charge is 0.445 e. The number of aryl methyl sites for hydroxylation is 1. The summed E-state index contributed by atoms with van der Waals surface area (Å²) in [6.45, 7) is 3.11. The van der Waals surface area contributed by atoms with Crippen molar-refractivity contribution in [2.45, 2.75) is 19.8 Å². The second-order valence-electron chi connectivity index (χ2n) is 4.75. The van der Waals surface area contributed by atoms with Crippen molar-refractivity contribution < 1.29 is 14.1 Å². The lowest BCUT2D eigenvalue weighted by Gasteiger charge is -2.25. The van der Waals surface area contributed by atoms with Crippen molar-refractivity contribution in [2.75, 3.05) is 0 Å². The lowest BCUT2D eigenvalue weighted by molar-refractivity contribution is -0.671. The summed E-state index contributed by atoms with van der Waals surface area (Å²) in [4.78, 5) is 11.9. The van der Waals surface area contributed by atoms with Gasteiger partial charge in [-0.1, -0.05) is 0 Å². The molecule has 1 aromatic heterocycles. The minimum atomic E-state index is -0.473. The van der Waals surface area contributed by atoms with E-state index in [9.17, 15) is 10.1 Å². The maximum atomic E-state index is 11.9. The standard InChI is InChI=1S/C15H15N3O2/c1-9(19)13-14(11-5-4-6-18(3)8-11)12(7-16)10(2)20-15(13)17/h4-6,8,14H,1-3H3,(H-,17,19)/p+1/t14-/m1/s1. The molecule has 0 aliphatic carbocycles. The van der Waals surface area contributed by atoms with E-state index >= 15 is 0 Å². The fraction of sp³-hybridized carbons (Fsp3) is 0.267. The van der Waals surface area contributed by atoms with Crippen LogP contribution in [0.15, 0.2) is 47.3 Å². The molecule has 0 spiro atoms. The first-order valence-corrected chi connectivity index (χ1v) is 6.20. The number of nitriles is 1. The zero-order valence-corrected chi connectivity index (χ0v) is 11.7. The third-order valence-electron chi connectivity index (χ3n) is 3.28. The van der Waals surface area contributed by atoms with Gasteiger partial charge in [-0.3, -0.25) is 4.79 Å². The van der Waals surface area contributed by atoms with E-state index in [1.54, 1.807) is 6.92 Å². The predicted molar refractivity (Wildman–Crippen MR) is 71.7 cm³/mol. The SMILES string of the molecule is CC(=O)C1=C(N)OC(C)=C(C#N)[C@H]1c1ccc[n+](C)c1. The first-order chi connectivity index (χ1) is 9.45. The number of Topliss-reactive ketones (excluding diaryl/α,β-unsaturated/α-hetero) is 1. The summed E-state index contributed by atoms with van der Waals surface area (Å²) in [7, 11) is 1.88. The first kappa shape index (κ1) is 13.8. The summed E-state index contributed by atoms with van der Waals surface area (Å²) in [5.74, 6) is -0.157. The minimum absolute atomic E-state index is 0.0745. The van der Waals surface area contributed by atoms with Crippen LogP contribution in [0.2, 0.25) is 0 Å². The van der Waals surface area contributed by atoms with Gasteiger partial charge in [-0.05, 0) is 19.9 Å². The molecule has 1 atom stereocenters. The summed E-state index contributed by atoms with van der Waals surface area (Å²) >= 11 is 0. The molecule has 0 aromatic carbocycles. The van der Waals surface area contributed by atoms with E-state index in [2.05, 4.69) is 6.07 Å². The molecule has 1 aliphatic heterocycles. The third-order valence-corrected chi connectivity index (χ3v) is 3.28. The molecule has 5 nitrogen and oxygen atoms in total. The van der Waals surface area contributed by atoms with E-state index in [4.69, 9.17) is 10.5 Å². The van der Waals surface area contributed by atoms with Crippen LogP contribution in [0.5, 0.6) is 0 Å². The third kappa shape index (κ3) is 2.28. The molecule has 2 rings (SSSR count). The number of carbonyl (C=O) groups is 1. The minimum Gasteiger partial charge on any atom is -0.445 e. The maximum Gasteiger partial charge on any atom is 0.198 e. The Balaban J connectivity index is 2.67. The van der Waals surface area contributed by atoms with E-state index in [1.165, 1.54) is 6.92 Å². The summed E-state index contributed by atoms with van der Waals surface area (Å²) in [6.07, 6.45) is 3.75. The van der Waals surface area contributed by atoms with E-state index in [0.717, 1.165) is 5.56 Å². The number of hydrogen-bond acceptors (Lipinski definition) is 4. The zero-order valence-electron chi connectivity index (χ0n) is 11.7. The molecular formula is C15H16N3O2+. The maximum absolute atomic E-state index is 11.9. The summed E-state index contributed by atoms with van der Waals surface area (Å²) < 4.78 is 7.20. The molecule has 1 aliphatic rings. The molecule has 0 fully saturated rings. The Kier molecular flexibility index (Phi) is 3.57. The van der Waals surface area contributed by atoms with E-state index in [0.29, 0.717) is 16.9 Å². The summed E-state index contributed by atoms with van der Waals surface area (Å²) in [5, 5.41) is 9.38. The Hall–Kier alpha value is -2.61. The average molecular weight is 270 g/mol. The Bertz CT molecular complexity index is 681. The monoisotopic (exact) mass is 270 g/mol. The molecule has 0 saturated carbocycles. The molecule has 5 heteroatoms. The topological polar surface area (TPSA) is 80.0 Å². The molecule has 0 saturated heterocycles. The normalized spacial score (nSPS) is 18.6. The van der Waals surface area contributed by atoms with Crippen molar-refractivity contribution in [3.63, 3.8) is 0 Å². The number of ether oxygens (including phenoxy) is 1. The molecule has 0 radical (unpaired) electrons. The number of ketones is 1. The zero-order chi connectivity index (χ0) is 14.9. The highest BCUT2D eigenvalue weighted by Crippen LogP contribution is 2.38. The number of rotatable bonds is 2. The quantitative estimate of drug-likeness (QED) is 0.818. The molecular weight excluding hydrogens is 254 g/mol. The van der Waals surface area contributed by atoms with Crippen LogP contribution in [0.4, 0.5) is 0 Å². The van der Waals surface area contributed by atoms with Gasteiger partial charge in [0.1, 0.15) is 12.8 Å². The van der Waals surface area contributed by atoms with Crippen molar-refractivity contribution >= 4 is 5.78 Å². The van der Waals surface area contributed by atoms with Gasteiger partial charge >= 0.3 is 0 Å². The van der Waals surface area contributed by atoms with Gasteiger partial charge in [0.2, 0.25) is 0 Å². The van der Waals surface area contributed by atoms with Crippen LogP contribution in [0, 0.1) is 11.3 Å². The number of pyridine rings is 1. The van der Waals surface area contributed by atoms with Crippen LogP contribution < -0.4 is 10.3 Å². The van der Waals surface area contributed by atoms with Gasteiger partial charge in [0, 0.05) is 11.6 Å². The Morgan fingerprint density at radius 2 is 2.25 bits per heavy atom. The summed E-state index contributed by atoms with van der Waals surface area (Å²) in [5.41, 5.74) is 7.42. The fourth-order valence-electron chi connectivity index (χ4n) is 2.40. The molecule has 2 N–H and O–H groups in total. The molecule has 1 aromatic rings. The highest BCUT2D eigenvalue weighted by atomic mass is 16.5. The highest BCUT2D eigenvalue weighted by molar-refractivity contribution is 5.96. The second kappa shape index (κ2) is 5.17. The average Bonchev–Trinajstić information content (AvgIpc) is 2.37. The molecule has 20 heavy (non-hydrogen) atoms. The van der Waals surface area contributed by atoms with Crippen LogP contribution >= 0.6 is 0 Å². The van der Waals surface area contributed by atoms with Gasteiger partial charge < -0.3 is 10.5 Å². The van der Waals surface area contributed by atoms with Crippen LogP contribution in [-0.2, 0) is 16.6 Å². The van der Waals surface area contributed by atoms with Gasteiger partial charge in [-0.15, -0.1) is 0 Å². The number of nitrogens with zero attached hydrogens (tertiary/aromatic N) is 2. The van der Waals surface area contributed by atoms with Gasteiger partial charge in [0.05, 0.1) is 23.1 Å². The predicted octanol–water partition coefficient (Wildman–Crippen LogP) is 1.18. The lowest BCUT2D eigenvalue weighted by atomic mass is 9.82. The van der Waals surface area contributed by atoms with E-state index in [1.807, 2.05) is 36.1 Å². The second-order valence-corrected chi connectivity index (χ2v) is 4.75. The van der Waals surface area contributed by atoms with Crippen LogP contribution in [0.1, 0.15) is 25.3 Å². The molecule has 0 unspecified atom stereocenters. The van der Waals surface area contributed by atoms with Gasteiger partial charge in [-0.25, -0.2) is 4.57 Å². The Labute approximate surface area is 117 Å². The van der Waals surface area contributed by atoms with Gasteiger partial charge in [0.15, 0.2) is 24.1 Å². The van der Waals surface area contributed by atoms with Crippen LogP contribution in [-0.4, -0.2) is 5.78 Å². The molecule has 102 valence electrons. The van der Waals surface area contributed by atoms with Crippen molar-refractivity contribution in [2.24, 2.45) is 12.8 Å². The van der Waals surface area contributed by atoms with Crippen LogP contribution in [0.3, 0.4) is 0 Å². The van der Waals surface area contributed by atoms with E-state index in [-0.39, 0.29) is 11.7 Å². The van der Waals surface area contributed by atoms with Gasteiger partial charge in [0.25, 0.3) is 0 Å². The van der Waals surface area contributed by atoms with Crippen molar-refractivity contribution in [1.29, 1.82) is 5.26 Å². The Morgan fingerprint density at radius 1 is 1.55 bits per heavy atom. The number of carbonyl (C=O) groups excluding carboxylic acids is 1.